The molecule has 0 aliphatic heterocycles. The smallest absolute Gasteiger partial charge is 0.160 e. The number of halogens is 1. The van der Waals surface area contributed by atoms with Crippen LogP contribution in [0.2, 0.25) is 0 Å². The Hall–Kier alpha value is -1.87. The number of aryl methyl sites for hydroxylation is 1. The highest BCUT2D eigenvalue weighted by Crippen LogP contribution is 2.33. The van der Waals surface area contributed by atoms with Crippen LogP contribution in [0.15, 0.2) is 36.5 Å². The minimum atomic E-state index is 0.371. The predicted molar refractivity (Wildman–Crippen MR) is 84.7 cm³/mol. The van der Waals surface area contributed by atoms with E-state index < -0.39 is 0 Å². The molecule has 1 aliphatic carbocycles. The summed E-state index contributed by atoms with van der Waals surface area (Å²) in [6.45, 7) is 2.07. The highest BCUT2D eigenvalue weighted by molar-refractivity contribution is 6.16. The summed E-state index contributed by atoms with van der Waals surface area (Å²) in [5.41, 5.74) is 5.95. The molecule has 0 fully saturated rings. The first-order chi connectivity index (χ1) is 10.3. The molecule has 0 amide bonds. The molecule has 1 aliphatic rings. The van der Waals surface area contributed by atoms with Crippen molar-refractivity contribution in [3.05, 3.63) is 59.0 Å². The molecule has 2 aromatic heterocycles. The van der Waals surface area contributed by atoms with Gasteiger partial charge in [-0.3, -0.25) is 0 Å². The van der Waals surface area contributed by atoms with Crippen molar-refractivity contribution in [2.75, 3.05) is 0 Å². The summed E-state index contributed by atoms with van der Waals surface area (Å²) in [5.74, 6) is 1.34. The molecule has 0 radical (unpaired) electrons. The van der Waals surface area contributed by atoms with Crippen molar-refractivity contribution >= 4 is 22.8 Å². The zero-order valence-corrected chi connectivity index (χ0v) is 12.6. The average molecular weight is 298 g/mol. The SMILES string of the molecule is Cc1ccnc2c1nc(CCl)n2C1Cc2ccccc2C1. The molecular weight excluding hydrogens is 282 g/mol. The van der Waals surface area contributed by atoms with Crippen LogP contribution in [-0.2, 0) is 18.7 Å². The highest BCUT2D eigenvalue weighted by atomic mass is 35.5. The fourth-order valence-corrected chi connectivity index (χ4v) is 3.54. The number of pyridine rings is 1. The summed E-state index contributed by atoms with van der Waals surface area (Å²) in [5, 5.41) is 0. The van der Waals surface area contributed by atoms with Crippen molar-refractivity contribution < 1.29 is 0 Å². The molecule has 106 valence electrons. The molecule has 0 bridgehead atoms. The Kier molecular flexibility index (Phi) is 2.96. The van der Waals surface area contributed by atoms with Crippen LogP contribution in [0.4, 0.5) is 0 Å². The van der Waals surface area contributed by atoms with Crippen molar-refractivity contribution in [2.45, 2.75) is 31.7 Å². The van der Waals surface area contributed by atoms with E-state index in [1.807, 2.05) is 12.3 Å². The van der Waals surface area contributed by atoms with Gasteiger partial charge in [-0.1, -0.05) is 24.3 Å². The van der Waals surface area contributed by atoms with Gasteiger partial charge in [0.15, 0.2) is 5.65 Å². The second-order valence-electron chi connectivity index (χ2n) is 5.66. The number of aromatic nitrogens is 3. The monoisotopic (exact) mass is 297 g/mol. The molecule has 1 aromatic carbocycles. The van der Waals surface area contributed by atoms with Crippen LogP contribution in [0.5, 0.6) is 0 Å². The standard InChI is InChI=1S/C17H16ClN3/c1-11-6-7-19-17-16(11)20-15(10-18)21(17)14-8-12-4-2-3-5-13(12)9-14/h2-7,14H,8-10H2,1H3. The van der Waals surface area contributed by atoms with Crippen molar-refractivity contribution in [3.8, 4) is 0 Å². The number of rotatable bonds is 2. The third kappa shape index (κ3) is 1.95. The lowest BCUT2D eigenvalue weighted by Crippen LogP contribution is -2.12. The van der Waals surface area contributed by atoms with Gasteiger partial charge < -0.3 is 4.57 Å². The molecular formula is C17H16ClN3. The molecule has 3 aromatic rings. The summed E-state index contributed by atoms with van der Waals surface area (Å²) < 4.78 is 2.25. The van der Waals surface area contributed by atoms with Crippen LogP contribution in [0, 0.1) is 6.92 Å². The first-order valence-corrected chi connectivity index (χ1v) is 7.76. The van der Waals surface area contributed by atoms with Gasteiger partial charge in [0, 0.05) is 12.2 Å². The number of hydrogen-bond acceptors (Lipinski definition) is 2. The van der Waals surface area contributed by atoms with E-state index in [2.05, 4.69) is 40.7 Å². The van der Waals surface area contributed by atoms with Crippen LogP contribution in [0.1, 0.15) is 28.6 Å². The van der Waals surface area contributed by atoms with Gasteiger partial charge in [-0.25, -0.2) is 9.97 Å². The Bertz CT molecular complexity index is 797. The number of benzene rings is 1. The first-order valence-electron chi connectivity index (χ1n) is 7.23. The lowest BCUT2D eigenvalue weighted by atomic mass is 10.1. The lowest BCUT2D eigenvalue weighted by Gasteiger charge is -2.14. The molecule has 2 heterocycles. The lowest BCUT2D eigenvalue weighted by molar-refractivity contribution is 0.525. The third-order valence-electron chi connectivity index (χ3n) is 4.37. The Morgan fingerprint density at radius 1 is 1.19 bits per heavy atom. The van der Waals surface area contributed by atoms with Gasteiger partial charge in [0.2, 0.25) is 0 Å². The van der Waals surface area contributed by atoms with E-state index in [0.29, 0.717) is 11.9 Å². The topological polar surface area (TPSA) is 30.7 Å². The maximum Gasteiger partial charge on any atom is 0.160 e. The first kappa shape index (κ1) is 12.8. The van der Waals surface area contributed by atoms with Crippen LogP contribution < -0.4 is 0 Å². The fraction of sp³-hybridized carbons (Fsp3) is 0.294. The predicted octanol–water partition coefficient (Wildman–Crippen LogP) is 3.82. The van der Waals surface area contributed by atoms with Crippen LogP contribution in [-0.4, -0.2) is 14.5 Å². The molecule has 21 heavy (non-hydrogen) atoms. The van der Waals surface area contributed by atoms with Crippen molar-refractivity contribution in [3.63, 3.8) is 0 Å². The minimum Gasteiger partial charge on any atom is -0.308 e. The van der Waals surface area contributed by atoms with Gasteiger partial charge in [0.1, 0.15) is 11.3 Å². The number of imidazole rings is 1. The van der Waals surface area contributed by atoms with E-state index >= 15 is 0 Å². The van der Waals surface area contributed by atoms with E-state index in [1.165, 1.54) is 11.1 Å². The summed E-state index contributed by atoms with van der Waals surface area (Å²) in [6, 6.07) is 11.0. The van der Waals surface area contributed by atoms with Crippen molar-refractivity contribution in [1.29, 1.82) is 0 Å². The van der Waals surface area contributed by atoms with E-state index in [-0.39, 0.29) is 0 Å². The van der Waals surface area contributed by atoms with E-state index in [1.54, 1.807) is 0 Å². The molecule has 3 nitrogen and oxygen atoms in total. The number of hydrogen-bond donors (Lipinski definition) is 0. The summed E-state index contributed by atoms with van der Waals surface area (Å²) in [6.07, 6.45) is 3.91. The molecule has 0 unspecified atom stereocenters. The van der Waals surface area contributed by atoms with E-state index in [9.17, 15) is 0 Å². The zero-order chi connectivity index (χ0) is 14.4. The normalized spacial score (nSPS) is 14.8. The molecule has 0 atom stereocenters. The fourth-order valence-electron chi connectivity index (χ4n) is 3.35. The molecule has 0 spiro atoms. The molecule has 0 N–H and O–H groups in total. The third-order valence-corrected chi connectivity index (χ3v) is 4.61. The Morgan fingerprint density at radius 2 is 1.90 bits per heavy atom. The van der Waals surface area contributed by atoms with Gasteiger partial charge in [-0.15, -0.1) is 11.6 Å². The second-order valence-corrected chi connectivity index (χ2v) is 5.93. The van der Waals surface area contributed by atoms with Gasteiger partial charge in [0.25, 0.3) is 0 Å². The van der Waals surface area contributed by atoms with Crippen LogP contribution in [0.3, 0.4) is 0 Å². The molecule has 0 saturated carbocycles. The summed E-state index contributed by atoms with van der Waals surface area (Å²) >= 11 is 6.13. The number of fused-ring (bicyclic) bond motifs is 2. The van der Waals surface area contributed by atoms with E-state index in [4.69, 9.17) is 16.6 Å². The molecule has 4 rings (SSSR count). The van der Waals surface area contributed by atoms with Gasteiger partial charge in [-0.2, -0.15) is 0 Å². The number of nitrogens with zero attached hydrogens (tertiary/aromatic N) is 3. The minimum absolute atomic E-state index is 0.371. The Balaban J connectivity index is 1.86. The maximum absolute atomic E-state index is 6.13. The van der Waals surface area contributed by atoms with Crippen LogP contribution >= 0.6 is 11.6 Å². The zero-order valence-electron chi connectivity index (χ0n) is 11.9. The average Bonchev–Trinajstić information content (AvgIpc) is 3.08. The summed E-state index contributed by atoms with van der Waals surface area (Å²) in [4.78, 5) is 9.27. The van der Waals surface area contributed by atoms with E-state index in [0.717, 1.165) is 35.4 Å². The maximum atomic E-state index is 6.13. The Labute approximate surface area is 128 Å². The Morgan fingerprint density at radius 3 is 2.57 bits per heavy atom. The summed E-state index contributed by atoms with van der Waals surface area (Å²) in [7, 11) is 0. The molecule has 4 heteroatoms. The van der Waals surface area contributed by atoms with Crippen LogP contribution in [0.25, 0.3) is 11.2 Å². The van der Waals surface area contributed by atoms with Gasteiger partial charge >= 0.3 is 0 Å². The van der Waals surface area contributed by atoms with Crippen molar-refractivity contribution in [1.82, 2.24) is 14.5 Å². The van der Waals surface area contributed by atoms with Crippen molar-refractivity contribution in [2.24, 2.45) is 0 Å². The number of alkyl halides is 1. The van der Waals surface area contributed by atoms with Gasteiger partial charge in [0.05, 0.1) is 5.88 Å². The highest BCUT2D eigenvalue weighted by Gasteiger charge is 2.26. The molecule has 0 saturated heterocycles. The largest absolute Gasteiger partial charge is 0.308 e. The van der Waals surface area contributed by atoms with Gasteiger partial charge in [-0.05, 0) is 42.5 Å². The quantitative estimate of drug-likeness (QED) is 0.673. The second kappa shape index (κ2) is 4.85.